The zero-order valence-corrected chi connectivity index (χ0v) is 9.44. The summed E-state index contributed by atoms with van der Waals surface area (Å²) in [6.45, 7) is 12.4. The summed E-state index contributed by atoms with van der Waals surface area (Å²) in [6, 6.07) is 0. The van der Waals surface area contributed by atoms with Crippen molar-refractivity contribution < 1.29 is 4.39 Å². The summed E-state index contributed by atoms with van der Waals surface area (Å²) in [5.41, 5.74) is 1.28. The molecule has 0 aliphatic carbocycles. The minimum absolute atomic E-state index is 0.0631. The standard InChI is InChI=1S/C12H20FN/c1-9-5-6-14-8-10(13)7-12(9,14)11(2,3)4/h10H,1,5-8H2,2-4H3. The first-order chi connectivity index (χ1) is 6.38. The number of hydrogen-bond donors (Lipinski definition) is 0. The first kappa shape index (κ1) is 10.2. The van der Waals surface area contributed by atoms with E-state index in [0.29, 0.717) is 13.0 Å². The third kappa shape index (κ3) is 1.10. The Morgan fingerprint density at radius 2 is 2.14 bits per heavy atom. The highest BCUT2D eigenvalue weighted by atomic mass is 19.1. The van der Waals surface area contributed by atoms with Crippen molar-refractivity contribution in [3.8, 4) is 0 Å². The molecule has 0 saturated carbocycles. The highest BCUT2D eigenvalue weighted by Crippen LogP contribution is 2.52. The molecule has 0 spiro atoms. The molecule has 2 unspecified atom stereocenters. The van der Waals surface area contributed by atoms with Gasteiger partial charge in [-0.05, 0) is 11.8 Å². The second kappa shape index (κ2) is 2.82. The van der Waals surface area contributed by atoms with Gasteiger partial charge >= 0.3 is 0 Å². The molecular weight excluding hydrogens is 177 g/mol. The summed E-state index contributed by atoms with van der Waals surface area (Å²) in [5, 5.41) is 0. The summed E-state index contributed by atoms with van der Waals surface area (Å²) in [4.78, 5) is 2.31. The summed E-state index contributed by atoms with van der Waals surface area (Å²) in [7, 11) is 0. The molecule has 2 aliphatic rings. The van der Waals surface area contributed by atoms with Crippen LogP contribution in [0.4, 0.5) is 4.39 Å². The van der Waals surface area contributed by atoms with Crippen molar-refractivity contribution in [2.75, 3.05) is 13.1 Å². The average Bonchev–Trinajstić information content (AvgIpc) is 2.49. The van der Waals surface area contributed by atoms with Gasteiger partial charge in [0.2, 0.25) is 0 Å². The van der Waals surface area contributed by atoms with E-state index >= 15 is 0 Å². The van der Waals surface area contributed by atoms with Gasteiger partial charge in [-0.2, -0.15) is 0 Å². The summed E-state index contributed by atoms with van der Waals surface area (Å²) in [6.07, 6.45) is 1.03. The molecule has 0 aromatic heterocycles. The van der Waals surface area contributed by atoms with Gasteiger partial charge in [0.15, 0.2) is 0 Å². The number of fused-ring (bicyclic) bond motifs is 1. The fourth-order valence-electron chi connectivity index (χ4n) is 3.35. The van der Waals surface area contributed by atoms with Crippen LogP contribution in [0.1, 0.15) is 33.6 Å². The van der Waals surface area contributed by atoms with Crippen LogP contribution in [0, 0.1) is 5.41 Å². The van der Waals surface area contributed by atoms with E-state index in [1.807, 2.05) is 0 Å². The van der Waals surface area contributed by atoms with E-state index in [9.17, 15) is 4.39 Å². The molecule has 2 rings (SSSR count). The molecule has 2 aliphatic heterocycles. The Balaban J connectivity index is 2.41. The van der Waals surface area contributed by atoms with Crippen molar-refractivity contribution >= 4 is 0 Å². The Kier molecular flexibility index (Phi) is 2.04. The van der Waals surface area contributed by atoms with Crippen LogP contribution in [0.5, 0.6) is 0 Å². The predicted molar refractivity (Wildman–Crippen MR) is 57.0 cm³/mol. The van der Waals surface area contributed by atoms with Crippen molar-refractivity contribution in [2.24, 2.45) is 5.41 Å². The molecule has 0 aromatic rings. The number of nitrogens with zero attached hydrogens (tertiary/aromatic N) is 1. The molecule has 14 heavy (non-hydrogen) atoms. The summed E-state index contributed by atoms with van der Waals surface area (Å²) in [5.74, 6) is 0. The first-order valence-corrected chi connectivity index (χ1v) is 5.45. The second-order valence-corrected chi connectivity index (χ2v) is 5.71. The minimum atomic E-state index is -0.661. The molecular formula is C12H20FN. The molecule has 0 N–H and O–H groups in total. The Labute approximate surface area is 86.0 Å². The number of alkyl halides is 1. The molecule has 2 fully saturated rings. The van der Waals surface area contributed by atoms with Crippen LogP contribution >= 0.6 is 0 Å². The van der Waals surface area contributed by atoms with E-state index in [2.05, 4.69) is 32.3 Å². The van der Waals surface area contributed by atoms with E-state index in [4.69, 9.17) is 0 Å². The van der Waals surface area contributed by atoms with E-state index in [1.165, 1.54) is 5.57 Å². The lowest BCUT2D eigenvalue weighted by atomic mass is 9.69. The summed E-state index contributed by atoms with van der Waals surface area (Å²) >= 11 is 0. The zero-order chi connectivity index (χ0) is 10.6. The van der Waals surface area contributed by atoms with E-state index in [-0.39, 0.29) is 11.0 Å². The molecule has 1 nitrogen and oxygen atoms in total. The Hall–Kier alpha value is -0.370. The topological polar surface area (TPSA) is 3.24 Å². The lowest BCUT2D eigenvalue weighted by Crippen LogP contribution is -2.50. The van der Waals surface area contributed by atoms with Gasteiger partial charge in [-0.3, -0.25) is 4.90 Å². The molecule has 0 aromatic carbocycles. The number of hydrogen-bond acceptors (Lipinski definition) is 1. The van der Waals surface area contributed by atoms with Gasteiger partial charge in [-0.15, -0.1) is 0 Å². The van der Waals surface area contributed by atoms with Gasteiger partial charge in [0.1, 0.15) is 6.17 Å². The van der Waals surface area contributed by atoms with E-state index in [0.717, 1.165) is 13.0 Å². The van der Waals surface area contributed by atoms with Crippen molar-refractivity contribution in [3.05, 3.63) is 12.2 Å². The highest BCUT2D eigenvalue weighted by Gasteiger charge is 2.57. The lowest BCUT2D eigenvalue weighted by Gasteiger charge is -2.44. The minimum Gasteiger partial charge on any atom is -0.290 e. The molecule has 0 amide bonds. The molecule has 2 heteroatoms. The smallest absolute Gasteiger partial charge is 0.115 e. The van der Waals surface area contributed by atoms with Crippen molar-refractivity contribution in [1.29, 1.82) is 0 Å². The first-order valence-electron chi connectivity index (χ1n) is 5.45. The fraction of sp³-hybridized carbons (Fsp3) is 0.833. The van der Waals surface area contributed by atoms with Gasteiger partial charge in [0.25, 0.3) is 0 Å². The van der Waals surface area contributed by atoms with Crippen LogP contribution in [0.25, 0.3) is 0 Å². The maximum Gasteiger partial charge on any atom is 0.115 e. The SMILES string of the molecule is C=C1CCN2CC(F)CC12C(C)(C)C. The molecule has 2 atom stereocenters. The number of halogens is 1. The lowest BCUT2D eigenvalue weighted by molar-refractivity contribution is 0.0928. The molecule has 0 radical (unpaired) electrons. The predicted octanol–water partition coefficient (Wildman–Crippen LogP) is 2.78. The van der Waals surface area contributed by atoms with Gasteiger partial charge in [-0.25, -0.2) is 4.39 Å². The van der Waals surface area contributed by atoms with Gasteiger partial charge in [-0.1, -0.05) is 32.9 Å². The molecule has 2 saturated heterocycles. The molecule has 80 valence electrons. The zero-order valence-electron chi connectivity index (χ0n) is 9.44. The summed E-state index contributed by atoms with van der Waals surface area (Å²) < 4.78 is 13.5. The quantitative estimate of drug-likeness (QED) is 0.540. The van der Waals surface area contributed by atoms with Gasteiger partial charge in [0, 0.05) is 25.0 Å². The van der Waals surface area contributed by atoms with Crippen LogP contribution < -0.4 is 0 Å². The highest BCUT2D eigenvalue weighted by molar-refractivity contribution is 5.30. The monoisotopic (exact) mass is 197 g/mol. The van der Waals surface area contributed by atoms with Crippen LogP contribution in [0.3, 0.4) is 0 Å². The maximum atomic E-state index is 13.5. The number of rotatable bonds is 0. The fourth-order valence-corrected chi connectivity index (χ4v) is 3.35. The van der Waals surface area contributed by atoms with E-state index in [1.54, 1.807) is 0 Å². The Bertz CT molecular complexity index is 266. The van der Waals surface area contributed by atoms with Crippen LogP contribution in [0.15, 0.2) is 12.2 Å². The van der Waals surface area contributed by atoms with Crippen LogP contribution in [-0.4, -0.2) is 29.7 Å². The van der Waals surface area contributed by atoms with Crippen LogP contribution in [-0.2, 0) is 0 Å². The van der Waals surface area contributed by atoms with Crippen molar-refractivity contribution in [2.45, 2.75) is 45.3 Å². The van der Waals surface area contributed by atoms with Gasteiger partial charge < -0.3 is 0 Å². The van der Waals surface area contributed by atoms with Gasteiger partial charge in [0.05, 0.1) is 0 Å². The largest absolute Gasteiger partial charge is 0.290 e. The van der Waals surface area contributed by atoms with Crippen molar-refractivity contribution in [1.82, 2.24) is 4.90 Å². The second-order valence-electron chi connectivity index (χ2n) is 5.71. The van der Waals surface area contributed by atoms with Crippen molar-refractivity contribution in [3.63, 3.8) is 0 Å². The Morgan fingerprint density at radius 3 is 2.64 bits per heavy atom. The van der Waals surface area contributed by atoms with Crippen LogP contribution in [0.2, 0.25) is 0 Å². The molecule has 0 bridgehead atoms. The third-order valence-electron chi connectivity index (χ3n) is 3.98. The Morgan fingerprint density at radius 1 is 1.50 bits per heavy atom. The van der Waals surface area contributed by atoms with E-state index < -0.39 is 6.17 Å². The maximum absolute atomic E-state index is 13.5. The average molecular weight is 197 g/mol. The molecule has 2 heterocycles. The normalized spacial score (nSPS) is 39.1. The third-order valence-corrected chi connectivity index (χ3v) is 3.98.